The van der Waals surface area contributed by atoms with Gasteiger partial charge in [-0.3, -0.25) is 5.32 Å². The Morgan fingerprint density at radius 1 is 1.36 bits per heavy atom. The molecule has 1 aliphatic heterocycles. The van der Waals surface area contributed by atoms with Gasteiger partial charge in [-0.05, 0) is 25.5 Å². The molecule has 0 saturated carbocycles. The Labute approximate surface area is 133 Å². The predicted molar refractivity (Wildman–Crippen MR) is 88.4 cm³/mol. The molecule has 1 aliphatic rings. The molecule has 0 aliphatic carbocycles. The zero-order valence-electron chi connectivity index (χ0n) is 12.9. The van der Waals surface area contributed by atoms with Gasteiger partial charge in [0.25, 0.3) is 0 Å². The number of anilines is 2. The van der Waals surface area contributed by atoms with E-state index in [9.17, 15) is 4.79 Å². The van der Waals surface area contributed by atoms with Crippen molar-refractivity contribution < 1.29 is 4.79 Å². The molecule has 3 rings (SSSR count). The summed E-state index contributed by atoms with van der Waals surface area (Å²) in [6.45, 7) is 5.31. The highest BCUT2D eigenvalue weighted by atomic mass is 32.1. The van der Waals surface area contributed by atoms with Gasteiger partial charge >= 0.3 is 6.03 Å². The number of amides is 2. The molecule has 6 nitrogen and oxygen atoms in total. The second kappa shape index (κ2) is 5.92. The number of benzene rings is 1. The van der Waals surface area contributed by atoms with Crippen LogP contribution in [-0.4, -0.2) is 40.8 Å². The summed E-state index contributed by atoms with van der Waals surface area (Å²) in [7, 11) is 2.06. The van der Waals surface area contributed by atoms with Gasteiger partial charge in [0.1, 0.15) is 5.01 Å². The number of para-hydroxylation sites is 1. The highest BCUT2D eigenvalue weighted by Crippen LogP contribution is 2.26. The minimum absolute atomic E-state index is 0.103. The van der Waals surface area contributed by atoms with Gasteiger partial charge in [0, 0.05) is 31.9 Å². The zero-order chi connectivity index (χ0) is 15.7. The van der Waals surface area contributed by atoms with E-state index in [1.165, 1.54) is 17.0 Å². The number of nitrogens with one attached hydrogen (secondary N) is 1. The van der Waals surface area contributed by atoms with E-state index in [0.29, 0.717) is 11.7 Å². The van der Waals surface area contributed by atoms with Crippen molar-refractivity contribution in [3.8, 4) is 0 Å². The minimum Gasteiger partial charge on any atom is -0.372 e. The first-order chi connectivity index (χ1) is 10.5. The van der Waals surface area contributed by atoms with Crippen LogP contribution in [0.4, 0.5) is 15.6 Å². The van der Waals surface area contributed by atoms with Crippen LogP contribution in [0, 0.1) is 6.92 Å². The number of nitrogens with zero attached hydrogens (tertiary/aromatic N) is 4. The number of hydrogen-bond donors (Lipinski definition) is 1. The van der Waals surface area contributed by atoms with Crippen molar-refractivity contribution in [3.63, 3.8) is 0 Å². The third kappa shape index (κ3) is 2.89. The number of hydrogen-bond acceptors (Lipinski definition) is 5. The maximum absolute atomic E-state index is 12.6. The molecule has 2 aromatic rings. The van der Waals surface area contributed by atoms with Crippen molar-refractivity contribution in [2.24, 2.45) is 0 Å². The average molecular weight is 317 g/mol. The zero-order valence-corrected chi connectivity index (χ0v) is 13.7. The SMILES string of the molecule is Cc1nnc(NC(=O)N2Cc3ccccc3N(C)CC2C)s1. The standard InChI is InChI=1S/C15H19N5OS/c1-10-8-19(3)13-7-5-4-6-12(13)9-20(10)15(21)16-14-18-17-11(2)22-14/h4-7,10H,8-9H2,1-3H3,(H,16,18,21). The third-order valence-electron chi connectivity index (χ3n) is 3.81. The lowest BCUT2D eigenvalue weighted by Crippen LogP contribution is -2.44. The number of aromatic nitrogens is 2. The summed E-state index contributed by atoms with van der Waals surface area (Å²) in [6, 6.07) is 8.17. The first-order valence-electron chi connectivity index (χ1n) is 7.21. The van der Waals surface area contributed by atoms with Crippen LogP contribution in [0.15, 0.2) is 24.3 Å². The van der Waals surface area contributed by atoms with E-state index in [4.69, 9.17) is 0 Å². The van der Waals surface area contributed by atoms with E-state index in [-0.39, 0.29) is 12.1 Å². The van der Waals surface area contributed by atoms with Crippen LogP contribution in [0.5, 0.6) is 0 Å². The largest absolute Gasteiger partial charge is 0.372 e. The molecule has 0 saturated heterocycles. The van der Waals surface area contributed by atoms with Crippen LogP contribution in [0.2, 0.25) is 0 Å². The molecular weight excluding hydrogens is 298 g/mol. The fraction of sp³-hybridized carbons (Fsp3) is 0.400. The number of carbonyl (C=O) groups excluding carboxylic acids is 1. The number of likely N-dealkylation sites (N-methyl/N-ethyl adjacent to an activating group) is 1. The maximum Gasteiger partial charge on any atom is 0.324 e. The molecule has 1 N–H and O–H groups in total. The molecule has 1 atom stereocenters. The highest BCUT2D eigenvalue weighted by molar-refractivity contribution is 7.15. The quantitative estimate of drug-likeness (QED) is 0.878. The summed E-state index contributed by atoms with van der Waals surface area (Å²) >= 11 is 1.38. The Morgan fingerprint density at radius 2 is 2.14 bits per heavy atom. The van der Waals surface area contributed by atoms with Gasteiger partial charge in [0.05, 0.1) is 0 Å². The number of fused-ring (bicyclic) bond motifs is 1. The molecule has 0 spiro atoms. The van der Waals surface area contributed by atoms with Gasteiger partial charge in [-0.1, -0.05) is 29.5 Å². The second-order valence-electron chi connectivity index (χ2n) is 5.54. The second-order valence-corrected chi connectivity index (χ2v) is 6.72. The van der Waals surface area contributed by atoms with Crippen molar-refractivity contribution in [2.75, 3.05) is 23.8 Å². The smallest absolute Gasteiger partial charge is 0.324 e. The van der Waals surface area contributed by atoms with Crippen LogP contribution < -0.4 is 10.2 Å². The highest BCUT2D eigenvalue weighted by Gasteiger charge is 2.27. The number of urea groups is 1. The van der Waals surface area contributed by atoms with E-state index in [0.717, 1.165) is 17.1 Å². The molecule has 1 unspecified atom stereocenters. The van der Waals surface area contributed by atoms with Gasteiger partial charge < -0.3 is 9.80 Å². The van der Waals surface area contributed by atoms with Gasteiger partial charge in [-0.15, -0.1) is 10.2 Å². The van der Waals surface area contributed by atoms with Gasteiger partial charge in [-0.25, -0.2) is 4.79 Å². The van der Waals surface area contributed by atoms with Gasteiger partial charge in [0.2, 0.25) is 5.13 Å². The van der Waals surface area contributed by atoms with Crippen LogP contribution >= 0.6 is 11.3 Å². The Kier molecular flexibility index (Phi) is 3.98. The number of rotatable bonds is 1. The summed E-state index contributed by atoms with van der Waals surface area (Å²) in [5, 5.41) is 12.1. The molecule has 7 heteroatoms. The fourth-order valence-corrected chi connectivity index (χ4v) is 3.31. The minimum atomic E-state index is -0.131. The van der Waals surface area contributed by atoms with Crippen molar-refractivity contribution >= 4 is 28.2 Å². The van der Waals surface area contributed by atoms with Crippen LogP contribution in [-0.2, 0) is 6.54 Å². The van der Waals surface area contributed by atoms with Crippen molar-refractivity contribution in [2.45, 2.75) is 26.4 Å². The van der Waals surface area contributed by atoms with Crippen molar-refractivity contribution in [3.05, 3.63) is 34.8 Å². The third-order valence-corrected chi connectivity index (χ3v) is 4.57. The number of aryl methyl sites for hydroxylation is 1. The average Bonchev–Trinajstić information content (AvgIpc) is 2.84. The first-order valence-corrected chi connectivity index (χ1v) is 8.03. The van der Waals surface area contributed by atoms with Gasteiger partial charge in [-0.2, -0.15) is 0 Å². The Morgan fingerprint density at radius 3 is 2.86 bits per heavy atom. The van der Waals surface area contributed by atoms with Crippen LogP contribution in [0.1, 0.15) is 17.5 Å². The summed E-state index contributed by atoms with van der Waals surface area (Å²) in [4.78, 5) is 16.6. The molecule has 2 heterocycles. The summed E-state index contributed by atoms with van der Waals surface area (Å²) in [5.74, 6) is 0. The molecular formula is C15H19N5OS. The molecule has 2 amide bonds. The lowest BCUT2D eigenvalue weighted by atomic mass is 10.1. The monoisotopic (exact) mass is 317 g/mol. The van der Waals surface area contributed by atoms with Crippen LogP contribution in [0.25, 0.3) is 0 Å². The molecule has 1 aromatic carbocycles. The van der Waals surface area contributed by atoms with E-state index < -0.39 is 0 Å². The van der Waals surface area contributed by atoms with E-state index in [1.807, 2.05) is 24.0 Å². The topological polar surface area (TPSA) is 61.4 Å². The van der Waals surface area contributed by atoms with Crippen molar-refractivity contribution in [1.82, 2.24) is 15.1 Å². The first kappa shape index (κ1) is 14.8. The maximum atomic E-state index is 12.6. The summed E-state index contributed by atoms with van der Waals surface area (Å²) < 4.78 is 0. The summed E-state index contributed by atoms with van der Waals surface area (Å²) in [6.07, 6.45) is 0. The Bertz CT molecular complexity index is 686. The molecule has 22 heavy (non-hydrogen) atoms. The van der Waals surface area contributed by atoms with E-state index >= 15 is 0 Å². The Hall–Kier alpha value is -2.15. The lowest BCUT2D eigenvalue weighted by molar-refractivity contribution is 0.192. The van der Waals surface area contributed by atoms with Crippen LogP contribution in [0.3, 0.4) is 0 Å². The van der Waals surface area contributed by atoms with E-state index in [2.05, 4.69) is 46.5 Å². The predicted octanol–water partition coefficient (Wildman–Crippen LogP) is 2.72. The van der Waals surface area contributed by atoms with E-state index in [1.54, 1.807) is 0 Å². The Balaban J connectivity index is 1.82. The lowest BCUT2D eigenvalue weighted by Gasteiger charge is -2.28. The molecule has 0 radical (unpaired) electrons. The fourth-order valence-electron chi connectivity index (χ4n) is 2.73. The normalized spacial score (nSPS) is 17.9. The molecule has 0 bridgehead atoms. The van der Waals surface area contributed by atoms with Gasteiger partial charge in [0.15, 0.2) is 0 Å². The van der Waals surface area contributed by atoms with Crippen molar-refractivity contribution in [1.29, 1.82) is 0 Å². The molecule has 1 aromatic heterocycles. The molecule has 116 valence electrons. The number of carbonyl (C=O) groups is 1. The summed E-state index contributed by atoms with van der Waals surface area (Å²) in [5.41, 5.74) is 2.33. The molecule has 0 fully saturated rings.